The molecule has 7 nitrogen and oxygen atoms in total. The van der Waals surface area contributed by atoms with Gasteiger partial charge in [-0.25, -0.2) is 14.8 Å². The molecular weight excluding hydrogens is 402 g/mol. The fourth-order valence-corrected chi connectivity index (χ4v) is 4.09. The lowest BCUT2D eigenvalue weighted by atomic mass is 10.1. The summed E-state index contributed by atoms with van der Waals surface area (Å²) >= 11 is 1.52. The van der Waals surface area contributed by atoms with Crippen molar-refractivity contribution >= 4 is 28.4 Å². The number of aromatic nitrogens is 3. The minimum absolute atomic E-state index is 0.131. The number of furan rings is 1. The Morgan fingerprint density at radius 2 is 2.00 bits per heavy atom. The van der Waals surface area contributed by atoms with E-state index in [1.54, 1.807) is 13.8 Å². The summed E-state index contributed by atoms with van der Waals surface area (Å²) in [6.45, 7) is 5.90. The van der Waals surface area contributed by atoms with Crippen LogP contribution in [0.5, 0.6) is 0 Å². The molecule has 0 saturated heterocycles. The van der Waals surface area contributed by atoms with Gasteiger partial charge in [0.25, 0.3) is 5.56 Å². The van der Waals surface area contributed by atoms with Crippen molar-refractivity contribution in [2.75, 3.05) is 6.61 Å². The second-order valence-electron chi connectivity index (χ2n) is 6.81. The number of esters is 1. The van der Waals surface area contributed by atoms with Crippen molar-refractivity contribution in [2.45, 2.75) is 33.7 Å². The Morgan fingerprint density at radius 3 is 2.70 bits per heavy atom. The zero-order valence-corrected chi connectivity index (χ0v) is 17.8. The maximum Gasteiger partial charge on any atom is 0.342 e. The van der Waals surface area contributed by atoms with E-state index < -0.39 is 5.97 Å². The van der Waals surface area contributed by atoms with Gasteiger partial charge in [0.05, 0.1) is 18.8 Å². The van der Waals surface area contributed by atoms with Crippen molar-refractivity contribution < 1.29 is 13.9 Å². The summed E-state index contributed by atoms with van der Waals surface area (Å²) in [4.78, 5) is 34.2. The Balaban J connectivity index is 1.67. The van der Waals surface area contributed by atoms with E-state index in [2.05, 4.69) is 41.2 Å². The van der Waals surface area contributed by atoms with Crippen LogP contribution in [0.25, 0.3) is 21.7 Å². The fraction of sp³-hybridized carbons (Fsp3) is 0.273. The lowest BCUT2D eigenvalue weighted by Gasteiger charge is -2.04. The van der Waals surface area contributed by atoms with Crippen molar-refractivity contribution in [3.8, 4) is 10.6 Å². The molecule has 0 atom stereocenters. The molecule has 0 unspecified atom stereocenters. The van der Waals surface area contributed by atoms with E-state index in [1.807, 2.05) is 5.38 Å². The van der Waals surface area contributed by atoms with E-state index >= 15 is 0 Å². The number of aryl methyl sites for hydroxylation is 2. The summed E-state index contributed by atoms with van der Waals surface area (Å²) in [6.07, 6.45) is 2.40. The summed E-state index contributed by atoms with van der Waals surface area (Å²) < 4.78 is 12.0. The predicted octanol–water partition coefficient (Wildman–Crippen LogP) is 4.21. The zero-order chi connectivity index (χ0) is 21.3. The van der Waals surface area contributed by atoms with Crippen LogP contribution in [0, 0.1) is 6.92 Å². The highest BCUT2D eigenvalue weighted by Gasteiger charge is 2.24. The van der Waals surface area contributed by atoms with Crippen LogP contribution >= 0.6 is 11.3 Å². The summed E-state index contributed by atoms with van der Waals surface area (Å²) in [7, 11) is 0. The van der Waals surface area contributed by atoms with E-state index in [9.17, 15) is 9.59 Å². The second-order valence-corrected chi connectivity index (χ2v) is 7.66. The largest absolute Gasteiger partial charge is 0.462 e. The Morgan fingerprint density at radius 1 is 1.23 bits per heavy atom. The zero-order valence-electron chi connectivity index (χ0n) is 17.0. The van der Waals surface area contributed by atoms with Crippen molar-refractivity contribution in [1.29, 1.82) is 0 Å². The molecule has 0 spiro atoms. The number of hydrogen-bond donors (Lipinski definition) is 0. The van der Waals surface area contributed by atoms with E-state index in [-0.39, 0.29) is 35.4 Å². The molecule has 0 aliphatic rings. The molecule has 1 aromatic carbocycles. The third-order valence-electron chi connectivity index (χ3n) is 4.83. The van der Waals surface area contributed by atoms with Gasteiger partial charge >= 0.3 is 5.97 Å². The van der Waals surface area contributed by atoms with E-state index in [0.717, 1.165) is 22.7 Å². The lowest BCUT2D eigenvalue weighted by molar-refractivity contribution is 0.0526. The summed E-state index contributed by atoms with van der Waals surface area (Å²) in [5.41, 5.74) is 2.96. The van der Waals surface area contributed by atoms with Crippen LogP contribution in [0.1, 0.15) is 41.2 Å². The Labute approximate surface area is 177 Å². The molecule has 4 aromatic rings. The molecule has 0 fully saturated rings. The molecule has 0 N–H and O–H groups in total. The summed E-state index contributed by atoms with van der Waals surface area (Å²) in [6, 6.07) is 8.30. The minimum atomic E-state index is -0.586. The standard InChI is InChI=1S/C22H21N3O4S/c1-4-14-6-8-15(9-7-14)20-24-16(11-30-20)10-25-12-23-19-18(21(25)26)17(13(3)29-19)22(27)28-5-2/h6-9,11-12H,4-5,10H2,1-3H3. The van der Waals surface area contributed by atoms with Gasteiger partial charge in [-0.3, -0.25) is 9.36 Å². The number of benzene rings is 1. The van der Waals surface area contributed by atoms with Crippen molar-refractivity contribution in [3.05, 3.63) is 68.9 Å². The quantitative estimate of drug-likeness (QED) is 0.432. The molecule has 4 rings (SSSR count). The van der Waals surface area contributed by atoms with Gasteiger partial charge in [-0.05, 0) is 25.8 Å². The fourth-order valence-electron chi connectivity index (χ4n) is 3.27. The van der Waals surface area contributed by atoms with Crippen LogP contribution in [-0.2, 0) is 17.7 Å². The molecule has 0 bridgehead atoms. The van der Waals surface area contributed by atoms with E-state index in [0.29, 0.717) is 5.76 Å². The number of nitrogens with zero attached hydrogens (tertiary/aromatic N) is 3. The molecule has 0 saturated carbocycles. The van der Waals surface area contributed by atoms with Crippen LogP contribution in [0.4, 0.5) is 0 Å². The first kappa shape index (κ1) is 20.0. The number of rotatable bonds is 6. The van der Waals surface area contributed by atoms with Gasteiger partial charge in [0.1, 0.15) is 28.0 Å². The molecular formula is C22H21N3O4S. The highest BCUT2D eigenvalue weighted by molar-refractivity contribution is 7.13. The van der Waals surface area contributed by atoms with Gasteiger partial charge in [0.15, 0.2) is 0 Å². The second kappa shape index (κ2) is 8.23. The van der Waals surface area contributed by atoms with Gasteiger partial charge in [-0.15, -0.1) is 11.3 Å². The van der Waals surface area contributed by atoms with Crippen LogP contribution in [0.15, 0.2) is 45.2 Å². The number of ether oxygens (including phenoxy) is 1. The van der Waals surface area contributed by atoms with Crippen LogP contribution < -0.4 is 5.56 Å². The van der Waals surface area contributed by atoms with Crippen LogP contribution in [0.3, 0.4) is 0 Å². The monoisotopic (exact) mass is 423 g/mol. The average molecular weight is 423 g/mol. The first-order valence-corrected chi connectivity index (χ1v) is 10.6. The predicted molar refractivity (Wildman–Crippen MR) is 115 cm³/mol. The molecule has 30 heavy (non-hydrogen) atoms. The molecule has 0 radical (unpaired) electrons. The van der Waals surface area contributed by atoms with E-state index in [1.165, 1.54) is 27.8 Å². The number of hydrogen-bond acceptors (Lipinski definition) is 7. The van der Waals surface area contributed by atoms with E-state index in [4.69, 9.17) is 9.15 Å². The molecule has 0 aliphatic heterocycles. The molecule has 3 heterocycles. The minimum Gasteiger partial charge on any atom is -0.462 e. The third kappa shape index (κ3) is 3.66. The Bertz CT molecular complexity index is 1270. The van der Waals surface area contributed by atoms with Crippen molar-refractivity contribution in [3.63, 3.8) is 0 Å². The Kier molecular flexibility index (Phi) is 5.50. The first-order chi connectivity index (χ1) is 14.5. The Hall–Kier alpha value is -3.26. The van der Waals surface area contributed by atoms with Gasteiger partial charge < -0.3 is 9.15 Å². The summed E-state index contributed by atoms with van der Waals surface area (Å²) in [5, 5.41) is 2.95. The van der Waals surface area contributed by atoms with Crippen LogP contribution in [-0.4, -0.2) is 27.1 Å². The third-order valence-corrected chi connectivity index (χ3v) is 5.77. The number of carbonyl (C=O) groups excluding carboxylic acids is 1. The molecule has 0 aliphatic carbocycles. The number of thiazole rings is 1. The number of carbonyl (C=O) groups is 1. The lowest BCUT2D eigenvalue weighted by Crippen LogP contribution is -2.22. The maximum atomic E-state index is 13.1. The average Bonchev–Trinajstić information content (AvgIpc) is 3.34. The highest BCUT2D eigenvalue weighted by atomic mass is 32.1. The van der Waals surface area contributed by atoms with Gasteiger partial charge in [-0.1, -0.05) is 31.2 Å². The number of fused-ring (bicyclic) bond motifs is 1. The van der Waals surface area contributed by atoms with Gasteiger partial charge in [0, 0.05) is 10.9 Å². The smallest absolute Gasteiger partial charge is 0.342 e. The SMILES string of the molecule is CCOC(=O)c1c(C)oc2ncn(Cc3csc(-c4ccc(CC)cc4)n3)c(=O)c12. The maximum absolute atomic E-state index is 13.1. The molecule has 8 heteroatoms. The normalized spacial score (nSPS) is 11.2. The molecule has 154 valence electrons. The van der Waals surface area contributed by atoms with Crippen LogP contribution in [0.2, 0.25) is 0 Å². The molecule has 0 amide bonds. The topological polar surface area (TPSA) is 87.2 Å². The highest BCUT2D eigenvalue weighted by Crippen LogP contribution is 2.25. The van der Waals surface area contributed by atoms with Crippen molar-refractivity contribution in [1.82, 2.24) is 14.5 Å². The van der Waals surface area contributed by atoms with Gasteiger partial charge in [0.2, 0.25) is 5.71 Å². The van der Waals surface area contributed by atoms with Crippen molar-refractivity contribution in [2.24, 2.45) is 0 Å². The van der Waals surface area contributed by atoms with Gasteiger partial charge in [-0.2, -0.15) is 0 Å². The molecule has 3 aromatic heterocycles. The first-order valence-electron chi connectivity index (χ1n) is 9.71. The summed E-state index contributed by atoms with van der Waals surface area (Å²) in [5.74, 6) is -0.269.